The Morgan fingerprint density at radius 1 is 1.00 bits per heavy atom. The van der Waals surface area contributed by atoms with Crippen molar-refractivity contribution in [2.24, 2.45) is 0 Å². The topological polar surface area (TPSA) is 58.1 Å². The molecular formula is C19H15F3N4O. The van der Waals surface area contributed by atoms with Crippen LogP contribution in [0.25, 0.3) is 10.9 Å². The Balaban J connectivity index is 1.67. The number of anilines is 3. The number of carbonyl (C=O) groups is 1. The van der Waals surface area contributed by atoms with Crippen LogP contribution in [-0.4, -0.2) is 22.4 Å². The number of alkyl halides is 3. The van der Waals surface area contributed by atoms with Crippen LogP contribution >= 0.6 is 0 Å². The van der Waals surface area contributed by atoms with Crippen molar-refractivity contribution in [2.45, 2.75) is 19.0 Å². The van der Waals surface area contributed by atoms with Gasteiger partial charge in [0.1, 0.15) is 5.82 Å². The molecule has 1 aliphatic rings. The van der Waals surface area contributed by atoms with Gasteiger partial charge in [0.05, 0.1) is 5.52 Å². The molecule has 1 fully saturated rings. The van der Waals surface area contributed by atoms with Crippen LogP contribution in [-0.2, 0) is 11.0 Å². The SMILES string of the molecule is O=C1CCCN1c1ccc(Nc2nc(C(F)(F)F)nc3ccccc23)cc1. The quantitative estimate of drug-likeness (QED) is 0.734. The van der Waals surface area contributed by atoms with E-state index in [2.05, 4.69) is 15.3 Å². The van der Waals surface area contributed by atoms with E-state index in [1.807, 2.05) is 0 Å². The summed E-state index contributed by atoms with van der Waals surface area (Å²) in [5, 5.41) is 3.42. The van der Waals surface area contributed by atoms with Crippen molar-refractivity contribution in [3.05, 3.63) is 54.4 Å². The number of para-hydroxylation sites is 1. The number of fused-ring (bicyclic) bond motifs is 1. The van der Waals surface area contributed by atoms with E-state index in [4.69, 9.17) is 0 Å². The molecule has 0 unspecified atom stereocenters. The number of halogens is 3. The third-order valence-corrected chi connectivity index (χ3v) is 4.37. The smallest absolute Gasteiger partial charge is 0.340 e. The number of hydrogen-bond donors (Lipinski definition) is 1. The lowest BCUT2D eigenvalue weighted by molar-refractivity contribution is -0.144. The van der Waals surface area contributed by atoms with Gasteiger partial charge >= 0.3 is 6.18 Å². The highest BCUT2D eigenvalue weighted by Crippen LogP contribution is 2.32. The first-order valence-corrected chi connectivity index (χ1v) is 8.43. The van der Waals surface area contributed by atoms with Crippen LogP contribution in [0, 0.1) is 0 Å². The molecule has 1 N–H and O–H groups in total. The van der Waals surface area contributed by atoms with Crippen LogP contribution in [0.5, 0.6) is 0 Å². The van der Waals surface area contributed by atoms with Crippen molar-refractivity contribution in [3.63, 3.8) is 0 Å². The highest BCUT2D eigenvalue weighted by molar-refractivity contribution is 5.95. The molecule has 2 heterocycles. The second kappa shape index (κ2) is 6.53. The Bertz CT molecular complexity index is 1000. The lowest BCUT2D eigenvalue weighted by Gasteiger charge is -2.16. The van der Waals surface area contributed by atoms with E-state index in [-0.39, 0.29) is 17.2 Å². The normalized spacial score (nSPS) is 14.8. The second-order valence-corrected chi connectivity index (χ2v) is 6.23. The molecule has 138 valence electrons. The zero-order valence-corrected chi connectivity index (χ0v) is 14.1. The fourth-order valence-electron chi connectivity index (χ4n) is 3.08. The van der Waals surface area contributed by atoms with Crippen LogP contribution < -0.4 is 10.2 Å². The first kappa shape index (κ1) is 17.3. The zero-order valence-electron chi connectivity index (χ0n) is 14.1. The van der Waals surface area contributed by atoms with Crippen molar-refractivity contribution >= 4 is 34.0 Å². The van der Waals surface area contributed by atoms with E-state index in [1.54, 1.807) is 47.4 Å². The molecule has 5 nitrogen and oxygen atoms in total. The largest absolute Gasteiger partial charge is 0.451 e. The van der Waals surface area contributed by atoms with Gasteiger partial charge in [-0.1, -0.05) is 12.1 Å². The summed E-state index contributed by atoms with van der Waals surface area (Å²) in [7, 11) is 0. The Morgan fingerprint density at radius 3 is 2.41 bits per heavy atom. The molecule has 8 heteroatoms. The zero-order chi connectivity index (χ0) is 19.0. The first-order valence-electron chi connectivity index (χ1n) is 8.43. The molecule has 0 bridgehead atoms. The second-order valence-electron chi connectivity index (χ2n) is 6.23. The van der Waals surface area contributed by atoms with Gasteiger partial charge in [-0.05, 0) is 42.8 Å². The van der Waals surface area contributed by atoms with E-state index < -0.39 is 12.0 Å². The van der Waals surface area contributed by atoms with Crippen LogP contribution in [0.1, 0.15) is 18.7 Å². The van der Waals surface area contributed by atoms with Gasteiger partial charge in [0.2, 0.25) is 11.7 Å². The van der Waals surface area contributed by atoms with Gasteiger partial charge in [-0.25, -0.2) is 9.97 Å². The van der Waals surface area contributed by atoms with Crippen molar-refractivity contribution in [2.75, 3.05) is 16.8 Å². The summed E-state index contributed by atoms with van der Waals surface area (Å²) in [6.45, 7) is 0.678. The molecule has 1 aliphatic heterocycles. The fourth-order valence-corrected chi connectivity index (χ4v) is 3.08. The standard InChI is InChI=1S/C19H15F3N4O/c20-19(21,22)18-24-15-5-2-1-4-14(15)17(25-18)23-12-7-9-13(10-8-12)26-11-3-6-16(26)27/h1-2,4-5,7-10H,3,6,11H2,(H,23,24,25). The highest BCUT2D eigenvalue weighted by atomic mass is 19.4. The number of rotatable bonds is 3. The summed E-state index contributed by atoms with van der Waals surface area (Å²) in [4.78, 5) is 20.8. The monoisotopic (exact) mass is 372 g/mol. The molecule has 0 saturated carbocycles. The summed E-state index contributed by atoms with van der Waals surface area (Å²) in [6.07, 6.45) is -3.28. The molecule has 4 rings (SSSR count). The molecule has 2 aromatic carbocycles. The van der Waals surface area contributed by atoms with Crippen molar-refractivity contribution in [1.82, 2.24) is 9.97 Å². The molecule has 0 radical (unpaired) electrons. The van der Waals surface area contributed by atoms with Crippen LogP contribution in [0.3, 0.4) is 0 Å². The lowest BCUT2D eigenvalue weighted by atomic mass is 10.2. The number of carbonyl (C=O) groups excluding carboxylic acids is 1. The Kier molecular flexibility index (Phi) is 4.18. The van der Waals surface area contributed by atoms with E-state index in [0.717, 1.165) is 12.1 Å². The maximum Gasteiger partial charge on any atom is 0.451 e. The van der Waals surface area contributed by atoms with Crippen molar-refractivity contribution in [3.8, 4) is 0 Å². The third-order valence-electron chi connectivity index (χ3n) is 4.37. The predicted molar refractivity (Wildman–Crippen MR) is 95.9 cm³/mol. The van der Waals surface area contributed by atoms with Crippen molar-refractivity contribution in [1.29, 1.82) is 0 Å². The maximum absolute atomic E-state index is 13.1. The highest BCUT2D eigenvalue weighted by Gasteiger charge is 2.35. The van der Waals surface area contributed by atoms with Gasteiger partial charge in [0.25, 0.3) is 0 Å². The first-order chi connectivity index (χ1) is 12.9. The Morgan fingerprint density at radius 2 is 1.74 bits per heavy atom. The van der Waals surface area contributed by atoms with Crippen molar-refractivity contribution < 1.29 is 18.0 Å². The molecule has 1 saturated heterocycles. The van der Waals surface area contributed by atoms with E-state index in [0.29, 0.717) is 24.0 Å². The molecule has 27 heavy (non-hydrogen) atoms. The third kappa shape index (κ3) is 3.42. The summed E-state index contributed by atoms with van der Waals surface area (Å²) in [5.41, 5.74) is 1.55. The molecule has 1 amide bonds. The van der Waals surface area contributed by atoms with E-state index in [9.17, 15) is 18.0 Å². The Hall–Kier alpha value is -3.16. The van der Waals surface area contributed by atoms with Crippen LogP contribution in [0.15, 0.2) is 48.5 Å². The number of benzene rings is 2. The summed E-state index contributed by atoms with van der Waals surface area (Å²) in [5.74, 6) is -1.03. The maximum atomic E-state index is 13.1. The van der Waals surface area contributed by atoms with Crippen LogP contribution in [0.2, 0.25) is 0 Å². The summed E-state index contributed by atoms with van der Waals surface area (Å²) in [6, 6.07) is 13.5. The average molecular weight is 372 g/mol. The summed E-state index contributed by atoms with van der Waals surface area (Å²) >= 11 is 0. The predicted octanol–water partition coefficient (Wildman–Crippen LogP) is 4.52. The summed E-state index contributed by atoms with van der Waals surface area (Å²) < 4.78 is 39.3. The minimum absolute atomic E-state index is 0.0762. The average Bonchev–Trinajstić information content (AvgIpc) is 3.07. The minimum Gasteiger partial charge on any atom is -0.340 e. The molecule has 3 aromatic rings. The molecule has 0 atom stereocenters. The van der Waals surface area contributed by atoms with Gasteiger partial charge in [-0.2, -0.15) is 13.2 Å². The van der Waals surface area contributed by atoms with E-state index in [1.165, 1.54) is 6.07 Å². The molecule has 0 spiro atoms. The number of nitrogens with zero attached hydrogens (tertiary/aromatic N) is 3. The number of hydrogen-bond acceptors (Lipinski definition) is 4. The number of aromatic nitrogens is 2. The lowest BCUT2D eigenvalue weighted by Crippen LogP contribution is -2.23. The molecule has 0 aliphatic carbocycles. The van der Waals surface area contributed by atoms with Gasteiger partial charge < -0.3 is 10.2 Å². The number of amides is 1. The number of nitrogens with one attached hydrogen (secondary N) is 1. The van der Waals surface area contributed by atoms with Gasteiger partial charge in [-0.3, -0.25) is 4.79 Å². The van der Waals surface area contributed by atoms with Gasteiger partial charge in [0, 0.05) is 29.7 Å². The van der Waals surface area contributed by atoms with Crippen LogP contribution in [0.4, 0.5) is 30.4 Å². The fraction of sp³-hybridized carbons (Fsp3) is 0.211. The van der Waals surface area contributed by atoms with Gasteiger partial charge in [-0.15, -0.1) is 0 Å². The van der Waals surface area contributed by atoms with E-state index >= 15 is 0 Å². The molecule has 1 aromatic heterocycles. The Labute approximate surface area is 152 Å². The minimum atomic E-state index is -4.64. The molecular weight excluding hydrogens is 357 g/mol. The van der Waals surface area contributed by atoms with Gasteiger partial charge in [0.15, 0.2) is 0 Å².